The zero-order valence-electron chi connectivity index (χ0n) is 14.6. The first kappa shape index (κ1) is 21.8. The van der Waals surface area contributed by atoms with E-state index in [1.165, 1.54) is 0 Å². The summed E-state index contributed by atoms with van der Waals surface area (Å²) in [5.74, 6) is -3.37. The van der Waals surface area contributed by atoms with Crippen molar-refractivity contribution in [3.8, 4) is 0 Å². The van der Waals surface area contributed by atoms with Gasteiger partial charge in [0.05, 0.1) is 22.4 Å². The van der Waals surface area contributed by atoms with Gasteiger partial charge in [-0.05, 0) is 65.8 Å². The van der Waals surface area contributed by atoms with Gasteiger partial charge in [0.25, 0.3) is 5.91 Å². The molecular weight excluding hydrogens is 493 g/mol. The van der Waals surface area contributed by atoms with E-state index >= 15 is 0 Å². The Morgan fingerprint density at radius 1 is 1.33 bits per heavy atom. The molecule has 9 heteroatoms. The van der Waals surface area contributed by atoms with Crippen molar-refractivity contribution in [3.63, 3.8) is 0 Å². The van der Waals surface area contributed by atoms with Gasteiger partial charge >= 0.3 is 0 Å². The van der Waals surface area contributed by atoms with Crippen LogP contribution >= 0.6 is 34.2 Å². The third kappa shape index (κ3) is 5.50. The molecule has 0 saturated heterocycles. The molecule has 0 saturated carbocycles. The highest BCUT2D eigenvalue weighted by molar-refractivity contribution is 14.1. The molecule has 0 aromatic heterocycles. The number of carbonyl (C=O) groups excluding carboxylic acids is 1. The van der Waals surface area contributed by atoms with Crippen LogP contribution in [0.25, 0.3) is 0 Å². The monoisotopic (exact) mass is 510 g/mol. The molecule has 0 fully saturated rings. The summed E-state index contributed by atoms with van der Waals surface area (Å²) >= 11 is 7.82. The number of hydrogen-bond donors (Lipinski definition) is 3. The SMILES string of the molecule is CCC(O)CONC(=O)c1cc(Cl)c(F)c(F)c1Nc1ccc(I)cc1C. The number of aliphatic hydroxyl groups is 1. The number of aryl methyl sites for hydroxylation is 1. The van der Waals surface area contributed by atoms with Crippen LogP contribution in [0.1, 0.15) is 29.3 Å². The molecule has 27 heavy (non-hydrogen) atoms. The molecule has 1 unspecified atom stereocenters. The molecule has 1 atom stereocenters. The first-order valence-corrected chi connectivity index (χ1v) is 9.51. The van der Waals surface area contributed by atoms with Crippen molar-refractivity contribution in [2.24, 2.45) is 0 Å². The second-order valence-electron chi connectivity index (χ2n) is 5.80. The fourth-order valence-electron chi connectivity index (χ4n) is 2.17. The summed E-state index contributed by atoms with van der Waals surface area (Å²) in [6.07, 6.45) is -0.322. The molecule has 0 aliphatic heterocycles. The number of hydrogen-bond acceptors (Lipinski definition) is 4. The Balaban J connectivity index is 2.34. The Morgan fingerprint density at radius 2 is 2.04 bits per heavy atom. The summed E-state index contributed by atoms with van der Waals surface area (Å²) in [5, 5.41) is 11.7. The Morgan fingerprint density at radius 3 is 2.67 bits per heavy atom. The summed E-state index contributed by atoms with van der Waals surface area (Å²) in [6.45, 7) is 3.40. The molecule has 0 aliphatic rings. The summed E-state index contributed by atoms with van der Waals surface area (Å²) in [5.41, 5.74) is 2.79. The molecular formula is C18H18ClF2IN2O3. The molecule has 0 bridgehead atoms. The lowest BCUT2D eigenvalue weighted by atomic mass is 10.1. The number of rotatable bonds is 7. The average molecular weight is 511 g/mol. The average Bonchev–Trinajstić information content (AvgIpc) is 2.63. The van der Waals surface area contributed by atoms with Crippen LogP contribution in [0.5, 0.6) is 0 Å². The fourth-order valence-corrected chi connectivity index (χ4v) is 3.01. The maximum atomic E-state index is 14.5. The van der Waals surface area contributed by atoms with E-state index in [2.05, 4.69) is 33.4 Å². The zero-order valence-corrected chi connectivity index (χ0v) is 17.5. The van der Waals surface area contributed by atoms with Crippen LogP contribution in [-0.2, 0) is 4.84 Å². The van der Waals surface area contributed by atoms with Crippen molar-refractivity contribution >= 4 is 51.5 Å². The van der Waals surface area contributed by atoms with E-state index in [0.29, 0.717) is 12.1 Å². The molecule has 3 N–H and O–H groups in total. The minimum atomic E-state index is -1.28. The number of amides is 1. The van der Waals surface area contributed by atoms with Crippen molar-refractivity contribution in [2.75, 3.05) is 11.9 Å². The van der Waals surface area contributed by atoms with E-state index in [1.807, 2.05) is 6.07 Å². The third-order valence-corrected chi connectivity index (χ3v) is 4.71. The number of aliphatic hydroxyl groups excluding tert-OH is 1. The lowest BCUT2D eigenvalue weighted by Gasteiger charge is -2.16. The van der Waals surface area contributed by atoms with Crippen LogP contribution in [0.3, 0.4) is 0 Å². The van der Waals surface area contributed by atoms with Crippen molar-refractivity contribution in [1.82, 2.24) is 5.48 Å². The number of benzene rings is 2. The highest BCUT2D eigenvalue weighted by Crippen LogP contribution is 2.32. The quantitative estimate of drug-likeness (QED) is 0.287. The maximum Gasteiger partial charge on any atom is 0.277 e. The van der Waals surface area contributed by atoms with E-state index < -0.39 is 28.7 Å². The van der Waals surface area contributed by atoms with Crippen molar-refractivity contribution in [1.29, 1.82) is 0 Å². The van der Waals surface area contributed by atoms with E-state index in [1.54, 1.807) is 26.0 Å². The lowest BCUT2D eigenvalue weighted by molar-refractivity contribution is -0.0133. The second-order valence-corrected chi connectivity index (χ2v) is 7.45. The summed E-state index contributed by atoms with van der Waals surface area (Å²) in [4.78, 5) is 17.3. The molecule has 2 aromatic carbocycles. The van der Waals surface area contributed by atoms with Gasteiger partial charge < -0.3 is 10.4 Å². The summed E-state index contributed by atoms with van der Waals surface area (Å²) in [7, 11) is 0. The van der Waals surface area contributed by atoms with E-state index in [4.69, 9.17) is 16.4 Å². The van der Waals surface area contributed by atoms with Crippen LogP contribution in [0.2, 0.25) is 5.02 Å². The number of carbonyl (C=O) groups is 1. The van der Waals surface area contributed by atoms with Gasteiger partial charge in [0.2, 0.25) is 0 Å². The van der Waals surface area contributed by atoms with Crippen LogP contribution in [0.4, 0.5) is 20.2 Å². The smallest absolute Gasteiger partial charge is 0.277 e. The van der Waals surface area contributed by atoms with Gasteiger partial charge in [-0.1, -0.05) is 18.5 Å². The molecule has 0 radical (unpaired) electrons. The predicted molar refractivity (Wildman–Crippen MR) is 108 cm³/mol. The predicted octanol–water partition coefficient (Wildman–Crippen LogP) is 4.71. The van der Waals surface area contributed by atoms with Gasteiger partial charge in [-0.2, -0.15) is 0 Å². The van der Waals surface area contributed by atoms with Gasteiger partial charge in [0, 0.05) is 9.26 Å². The Bertz CT molecular complexity index is 852. The molecule has 5 nitrogen and oxygen atoms in total. The third-order valence-electron chi connectivity index (χ3n) is 3.77. The molecule has 0 aliphatic carbocycles. The van der Waals surface area contributed by atoms with Crippen LogP contribution in [0, 0.1) is 22.1 Å². The van der Waals surface area contributed by atoms with Crippen LogP contribution in [-0.4, -0.2) is 23.7 Å². The Hall–Kier alpha value is -1.49. The number of anilines is 2. The van der Waals surface area contributed by atoms with Crippen LogP contribution in [0.15, 0.2) is 24.3 Å². The minimum absolute atomic E-state index is 0.140. The number of nitrogens with one attached hydrogen (secondary N) is 2. The van der Waals surface area contributed by atoms with Gasteiger partial charge in [0.1, 0.15) is 6.61 Å². The van der Waals surface area contributed by atoms with Crippen molar-refractivity contribution in [2.45, 2.75) is 26.4 Å². The van der Waals surface area contributed by atoms with Gasteiger partial charge in [0.15, 0.2) is 11.6 Å². The highest BCUT2D eigenvalue weighted by Gasteiger charge is 2.23. The highest BCUT2D eigenvalue weighted by atomic mass is 127. The standard InChI is InChI=1S/C18H18ClF2IN2O3/c1-3-11(25)8-27-24-18(26)12-7-13(19)15(20)16(21)17(12)23-14-5-4-10(22)6-9(14)2/h4-7,11,23,25H,3,8H2,1-2H3,(H,24,26). The summed E-state index contributed by atoms with van der Waals surface area (Å²) in [6, 6.07) is 6.34. The van der Waals surface area contributed by atoms with Gasteiger partial charge in [-0.3, -0.25) is 9.63 Å². The topological polar surface area (TPSA) is 70.6 Å². The van der Waals surface area contributed by atoms with E-state index in [-0.39, 0.29) is 17.9 Å². The lowest BCUT2D eigenvalue weighted by Crippen LogP contribution is -2.29. The second kappa shape index (κ2) is 9.63. The first-order chi connectivity index (χ1) is 12.7. The molecule has 2 rings (SSSR count). The van der Waals surface area contributed by atoms with Crippen molar-refractivity contribution in [3.05, 3.63) is 55.6 Å². The molecule has 0 heterocycles. The normalized spacial score (nSPS) is 12.0. The Labute approximate surface area is 174 Å². The van der Waals surface area contributed by atoms with Gasteiger partial charge in [-0.15, -0.1) is 0 Å². The molecule has 146 valence electrons. The van der Waals surface area contributed by atoms with Crippen LogP contribution < -0.4 is 10.8 Å². The molecule has 0 spiro atoms. The number of hydroxylamine groups is 1. The fraction of sp³-hybridized carbons (Fsp3) is 0.278. The largest absolute Gasteiger partial charge is 0.391 e. The summed E-state index contributed by atoms with van der Waals surface area (Å²) < 4.78 is 29.4. The van der Waals surface area contributed by atoms with Gasteiger partial charge in [-0.25, -0.2) is 14.3 Å². The zero-order chi connectivity index (χ0) is 20.1. The Kier molecular flexibility index (Phi) is 7.78. The molecule has 1 amide bonds. The van der Waals surface area contributed by atoms with Crippen molar-refractivity contribution < 1.29 is 23.5 Å². The minimum Gasteiger partial charge on any atom is -0.391 e. The first-order valence-electron chi connectivity index (χ1n) is 8.05. The number of halogens is 4. The maximum absolute atomic E-state index is 14.5. The van der Waals surface area contributed by atoms with E-state index in [9.17, 15) is 18.7 Å². The van der Waals surface area contributed by atoms with E-state index in [0.717, 1.165) is 15.2 Å². The molecule has 2 aromatic rings.